The predicted molar refractivity (Wildman–Crippen MR) is 397 cm³/mol. The number of benzene rings is 6. The molecule has 9 aliphatic heterocycles. The Morgan fingerprint density at radius 1 is 0.443 bits per heavy atom. The number of aromatic nitrogens is 3. The molecule has 2 atom stereocenters. The van der Waals surface area contributed by atoms with Crippen LogP contribution in [0.4, 0.5) is 30.2 Å². The maximum atomic E-state index is 13.4. The third-order valence-corrected chi connectivity index (χ3v) is 23.4. The molecule has 0 aliphatic carbocycles. The minimum atomic E-state index is -0.498. The molecule has 3 fully saturated rings. The maximum Gasteiger partial charge on any atom is 1.00 e. The van der Waals surface area contributed by atoms with Gasteiger partial charge in [-0.2, -0.15) is 0 Å². The number of fused-ring (bicyclic) bond motifs is 3. The molecule has 551 valence electrons. The first-order valence-electron chi connectivity index (χ1n) is 37.7. The molecule has 3 aromatic heterocycles. The van der Waals surface area contributed by atoms with Crippen molar-refractivity contribution in [2.75, 3.05) is 100 Å². The van der Waals surface area contributed by atoms with Crippen LogP contribution in [0.2, 0.25) is 0 Å². The summed E-state index contributed by atoms with van der Waals surface area (Å²) in [5, 5.41) is 44.4. The van der Waals surface area contributed by atoms with E-state index in [1.807, 2.05) is 26.8 Å². The first kappa shape index (κ1) is 76.6. The number of likely N-dealkylation sites (tertiary alicyclic amines) is 3. The van der Waals surface area contributed by atoms with Crippen molar-refractivity contribution < 1.29 is 92.2 Å². The maximum absolute atomic E-state index is 13.4. The summed E-state index contributed by atoms with van der Waals surface area (Å²) in [7, 11) is 1.00. The number of amides is 3. The minimum Gasteiger partial charge on any atom is -1.00 e. The van der Waals surface area contributed by atoms with Crippen LogP contribution >= 0.6 is 0 Å². The number of hydrogen-bond acceptors (Lipinski definition) is 16. The summed E-state index contributed by atoms with van der Waals surface area (Å²) < 4.78 is 56.4. The van der Waals surface area contributed by atoms with E-state index in [9.17, 15) is 42.6 Å². The van der Waals surface area contributed by atoms with E-state index in [4.69, 9.17) is 18.7 Å². The SMILES string of the molecule is CO.O=C(CCN1CCC(c2noc3cc(F)ccc23)CC1)c1cc2c3c(c1)CCC(=O)N3CCC2.O=C1CCc2cc(C(O)CCN3CCC(c4noc5cc(F)ccc45)CC3)cc3c2N1CCC3.O=C1CCc2cc(C(O)CCN3CCC(c4noc5cc(F)ccc45)CC3)cc3c2N1CCC3.[B].[H-].[Na+]. The average Bonchev–Trinajstić information content (AvgIpc) is 1.55. The normalized spacial score (nSPS) is 19.0. The first-order valence-corrected chi connectivity index (χ1v) is 37.7. The molecule has 19 nitrogen and oxygen atoms in total. The van der Waals surface area contributed by atoms with Crippen molar-refractivity contribution in [3.8, 4) is 0 Å². The van der Waals surface area contributed by atoms with E-state index in [1.54, 1.807) is 18.2 Å². The van der Waals surface area contributed by atoms with E-state index in [0.717, 1.165) is 260 Å². The Hall–Kier alpha value is -7.58. The van der Waals surface area contributed by atoms with Crippen molar-refractivity contribution in [2.24, 2.45) is 0 Å². The Bertz CT molecular complexity index is 4440. The van der Waals surface area contributed by atoms with Crippen LogP contribution in [0.1, 0.15) is 200 Å². The number of aliphatic hydroxyl groups excluding tert-OH is 3. The van der Waals surface area contributed by atoms with Crippen LogP contribution < -0.4 is 44.3 Å². The van der Waals surface area contributed by atoms with Gasteiger partial charge in [0.05, 0.1) is 46.4 Å². The van der Waals surface area contributed by atoms with Gasteiger partial charge in [-0.05, 0) is 241 Å². The van der Waals surface area contributed by atoms with E-state index >= 15 is 0 Å². The molecule has 0 saturated carbocycles. The smallest absolute Gasteiger partial charge is 1.00 e. The fourth-order valence-corrected chi connectivity index (χ4v) is 17.9. The van der Waals surface area contributed by atoms with Crippen molar-refractivity contribution in [1.82, 2.24) is 30.2 Å². The molecule has 3 radical (unpaired) electrons. The molecule has 0 spiro atoms. The summed E-state index contributed by atoms with van der Waals surface area (Å²) in [5.74, 6) is 0.838. The summed E-state index contributed by atoms with van der Waals surface area (Å²) in [6, 6.07) is 26.4. The quantitative estimate of drug-likeness (QED) is 0.0641. The van der Waals surface area contributed by atoms with Crippen molar-refractivity contribution in [3.05, 3.63) is 176 Å². The Kier molecular flexibility index (Phi) is 24.5. The van der Waals surface area contributed by atoms with Crippen molar-refractivity contribution in [1.29, 1.82) is 0 Å². The van der Waals surface area contributed by atoms with E-state index in [-0.39, 0.29) is 86.3 Å². The van der Waals surface area contributed by atoms with E-state index in [1.165, 1.54) is 58.7 Å². The molecule has 3 N–H and O–H groups in total. The van der Waals surface area contributed by atoms with Crippen LogP contribution in [0.15, 0.2) is 105 Å². The molecule has 6 aromatic carbocycles. The Morgan fingerprint density at radius 2 is 0.745 bits per heavy atom. The molecule has 0 bridgehead atoms. The van der Waals surface area contributed by atoms with E-state index in [2.05, 4.69) is 54.4 Å². The summed E-state index contributed by atoms with van der Waals surface area (Å²) >= 11 is 0. The number of ketones is 1. The fourth-order valence-electron chi connectivity index (χ4n) is 17.9. The molecular formula is C82H93BF3N9NaO10. The second kappa shape index (κ2) is 33.9. The van der Waals surface area contributed by atoms with Gasteiger partial charge in [-0.3, -0.25) is 19.2 Å². The van der Waals surface area contributed by atoms with Gasteiger partial charge in [-0.25, -0.2) is 13.2 Å². The van der Waals surface area contributed by atoms with Gasteiger partial charge >= 0.3 is 29.6 Å². The number of halogens is 3. The van der Waals surface area contributed by atoms with Gasteiger partial charge in [0.25, 0.3) is 0 Å². The van der Waals surface area contributed by atoms with Gasteiger partial charge in [0.2, 0.25) is 17.7 Å². The number of aliphatic hydroxyl groups is 3. The van der Waals surface area contributed by atoms with Crippen LogP contribution in [-0.4, -0.2) is 163 Å². The van der Waals surface area contributed by atoms with Crippen LogP contribution in [0, 0.1) is 17.5 Å². The number of hydrogen-bond donors (Lipinski definition) is 3. The summed E-state index contributed by atoms with van der Waals surface area (Å²) in [4.78, 5) is 62.9. The van der Waals surface area contributed by atoms with Crippen LogP contribution in [0.25, 0.3) is 32.9 Å². The summed E-state index contributed by atoms with van der Waals surface area (Å²) in [5.41, 5.74) is 17.5. The summed E-state index contributed by atoms with van der Waals surface area (Å²) in [6.45, 7) is 10.4. The topological polar surface area (TPSA) is 226 Å². The van der Waals surface area contributed by atoms with E-state index < -0.39 is 12.2 Å². The number of piperidine rings is 3. The molecule has 18 rings (SSSR count). The van der Waals surface area contributed by atoms with Crippen molar-refractivity contribution in [2.45, 2.75) is 165 Å². The zero-order chi connectivity index (χ0) is 71.7. The van der Waals surface area contributed by atoms with Gasteiger partial charge in [-0.15, -0.1) is 0 Å². The standard InChI is InChI=1S/2C27H30FN3O3.C27H28FN3O3.CH4O.B.Na.H/c3*28-21-4-5-22-24(16-21)34-29-26(22)17-7-11-30(12-8-17)13-9-23(32)20-14-18-2-1-10-31-25(33)6-3-19(15-20)27(18)31;1-2;;;/h2*4-5,14-17,23,32H,1-3,6-13H2;4-5,14-17H,1-3,6-13H2;2H,1H3;;;/q;;;;;+1;-1. The molecule has 106 heavy (non-hydrogen) atoms. The van der Waals surface area contributed by atoms with Crippen molar-refractivity contribution in [3.63, 3.8) is 0 Å². The van der Waals surface area contributed by atoms with Crippen molar-refractivity contribution >= 4 is 81.9 Å². The molecular weight excluding hydrogens is 1360 g/mol. The fraction of sp³-hybridized carbons (Fsp3) is 0.476. The van der Waals surface area contributed by atoms with Gasteiger partial charge in [0.15, 0.2) is 22.5 Å². The van der Waals surface area contributed by atoms with E-state index in [0.29, 0.717) is 67.1 Å². The van der Waals surface area contributed by atoms with Crippen LogP contribution in [-0.2, 0) is 52.9 Å². The number of anilines is 3. The minimum absolute atomic E-state index is 0. The largest absolute Gasteiger partial charge is 1.00 e. The van der Waals surface area contributed by atoms with Gasteiger partial charge in [0.1, 0.15) is 17.5 Å². The number of carbonyl (C=O) groups is 4. The number of Topliss-reactive ketones (excluding diaryl/α,β-unsaturated/α-hetero) is 1. The van der Waals surface area contributed by atoms with Gasteiger partial charge in [-0.1, -0.05) is 39.7 Å². The molecule has 2 unspecified atom stereocenters. The Labute approximate surface area is 641 Å². The van der Waals surface area contributed by atoms with Gasteiger partial charge < -0.3 is 59.7 Å². The number of nitrogens with zero attached hydrogens (tertiary/aromatic N) is 9. The Morgan fingerprint density at radius 3 is 1.08 bits per heavy atom. The monoisotopic (exact) mass is 1450 g/mol. The zero-order valence-corrected chi connectivity index (χ0v) is 62.8. The summed E-state index contributed by atoms with van der Waals surface area (Å²) in [6.07, 6.45) is 16.4. The van der Waals surface area contributed by atoms with Gasteiger partial charge in [0, 0.05) is 138 Å². The molecule has 3 saturated heterocycles. The molecule has 12 heterocycles. The molecule has 3 amide bonds. The van der Waals surface area contributed by atoms with Crippen LogP contribution in [0.5, 0.6) is 0 Å². The third kappa shape index (κ3) is 16.3. The molecule has 9 aliphatic rings. The Balaban J connectivity index is 0.000000146. The number of rotatable bonds is 15. The predicted octanol–water partition coefficient (Wildman–Crippen LogP) is 9.98. The second-order valence-corrected chi connectivity index (χ2v) is 29.7. The molecule has 24 heteroatoms. The van der Waals surface area contributed by atoms with Crippen LogP contribution in [0.3, 0.4) is 0 Å². The molecule has 9 aromatic rings. The number of aryl methyl sites for hydroxylation is 6. The number of carbonyl (C=O) groups excluding carboxylic acids is 4. The average molecular weight is 1460 g/mol. The first-order chi connectivity index (χ1) is 50.7. The third-order valence-electron chi connectivity index (χ3n) is 23.4. The zero-order valence-electron chi connectivity index (χ0n) is 61.8. The second-order valence-electron chi connectivity index (χ2n) is 29.7.